The first kappa shape index (κ1) is 16.1. The Morgan fingerprint density at radius 1 is 1.39 bits per heavy atom. The zero-order valence-electron chi connectivity index (χ0n) is 12.4. The van der Waals surface area contributed by atoms with E-state index in [-0.39, 0.29) is 18.4 Å². The molecule has 7 heteroatoms. The first-order valence-corrected chi connectivity index (χ1v) is 9.03. The molecule has 1 fully saturated rings. The summed E-state index contributed by atoms with van der Waals surface area (Å²) in [5.74, 6) is 0.176. The summed E-state index contributed by atoms with van der Waals surface area (Å²) in [6.07, 6.45) is 3.88. The average molecular weight is 394 g/mol. The molecular formula is C16H16BrN3O2S. The summed E-state index contributed by atoms with van der Waals surface area (Å²) < 4.78 is 0.849. The van der Waals surface area contributed by atoms with Crippen molar-refractivity contribution in [2.45, 2.75) is 12.8 Å². The molecule has 0 atom stereocenters. The summed E-state index contributed by atoms with van der Waals surface area (Å²) >= 11 is 4.74. The van der Waals surface area contributed by atoms with Crippen molar-refractivity contribution in [2.24, 2.45) is 5.92 Å². The number of amides is 2. The molecule has 2 amide bonds. The Balaban J connectivity index is 1.69. The summed E-state index contributed by atoms with van der Waals surface area (Å²) in [5, 5.41) is 5.08. The van der Waals surface area contributed by atoms with Gasteiger partial charge in [-0.05, 0) is 37.0 Å². The minimum Gasteiger partial charge on any atom is -0.329 e. The Labute approximate surface area is 146 Å². The van der Waals surface area contributed by atoms with Crippen molar-refractivity contribution in [3.8, 4) is 0 Å². The van der Waals surface area contributed by atoms with Crippen molar-refractivity contribution in [1.29, 1.82) is 0 Å². The Hall–Kier alpha value is -1.73. The summed E-state index contributed by atoms with van der Waals surface area (Å²) in [6, 6.07) is 7.24. The van der Waals surface area contributed by atoms with Crippen molar-refractivity contribution >= 4 is 44.2 Å². The van der Waals surface area contributed by atoms with Crippen LogP contribution in [0.1, 0.15) is 23.2 Å². The van der Waals surface area contributed by atoms with E-state index in [4.69, 9.17) is 0 Å². The average Bonchev–Trinajstić information content (AvgIpc) is 3.20. The molecule has 1 aliphatic rings. The van der Waals surface area contributed by atoms with E-state index in [1.807, 2.05) is 12.1 Å². The van der Waals surface area contributed by atoms with Crippen LogP contribution in [0, 0.1) is 5.92 Å². The van der Waals surface area contributed by atoms with Gasteiger partial charge in [0.2, 0.25) is 5.91 Å². The number of aromatic nitrogens is 1. The van der Waals surface area contributed by atoms with Gasteiger partial charge in [-0.15, -0.1) is 11.3 Å². The maximum Gasteiger partial charge on any atom is 0.254 e. The maximum atomic E-state index is 12.7. The van der Waals surface area contributed by atoms with Crippen LogP contribution in [-0.4, -0.2) is 34.8 Å². The van der Waals surface area contributed by atoms with E-state index in [9.17, 15) is 9.59 Å². The van der Waals surface area contributed by atoms with Gasteiger partial charge in [-0.25, -0.2) is 4.98 Å². The van der Waals surface area contributed by atoms with Crippen molar-refractivity contribution < 1.29 is 9.59 Å². The fraction of sp³-hybridized carbons (Fsp3) is 0.312. The van der Waals surface area contributed by atoms with Crippen LogP contribution in [0.15, 0.2) is 40.3 Å². The molecule has 3 rings (SSSR count). The Morgan fingerprint density at radius 3 is 2.87 bits per heavy atom. The fourth-order valence-electron chi connectivity index (χ4n) is 2.25. The lowest BCUT2D eigenvalue weighted by atomic mass is 10.2. The van der Waals surface area contributed by atoms with Gasteiger partial charge in [0, 0.05) is 28.2 Å². The van der Waals surface area contributed by atoms with Gasteiger partial charge in [0.25, 0.3) is 5.91 Å². The van der Waals surface area contributed by atoms with Crippen LogP contribution < -0.4 is 5.32 Å². The predicted molar refractivity (Wildman–Crippen MR) is 93.5 cm³/mol. The number of carbonyl (C=O) groups is 2. The maximum absolute atomic E-state index is 12.7. The largest absolute Gasteiger partial charge is 0.329 e. The van der Waals surface area contributed by atoms with Crippen molar-refractivity contribution in [1.82, 2.24) is 9.88 Å². The third kappa shape index (κ3) is 4.62. The van der Waals surface area contributed by atoms with Crippen molar-refractivity contribution in [3.63, 3.8) is 0 Å². The highest BCUT2D eigenvalue weighted by atomic mass is 79.9. The van der Waals surface area contributed by atoms with Gasteiger partial charge < -0.3 is 10.2 Å². The molecule has 120 valence electrons. The van der Waals surface area contributed by atoms with Crippen LogP contribution in [-0.2, 0) is 4.79 Å². The number of hydrogen-bond acceptors (Lipinski definition) is 4. The van der Waals surface area contributed by atoms with E-state index in [1.54, 1.807) is 28.6 Å². The number of halogens is 1. The lowest BCUT2D eigenvalue weighted by Crippen LogP contribution is -2.39. The second-order valence-electron chi connectivity index (χ2n) is 5.52. The molecule has 1 N–H and O–H groups in total. The molecule has 1 saturated carbocycles. The van der Waals surface area contributed by atoms with E-state index in [2.05, 4.69) is 26.2 Å². The number of carbonyl (C=O) groups excluding carboxylic acids is 2. The van der Waals surface area contributed by atoms with Crippen LogP contribution in [0.5, 0.6) is 0 Å². The number of nitrogens with one attached hydrogen (secondary N) is 1. The number of nitrogens with zero attached hydrogens (tertiary/aromatic N) is 2. The van der Waals surface area contributed by atoms with Crippen molar-refractivity contribution in [3.05, 3.63) is 45.9 Å². The van der Waals surface area contributed by atoms with Crippen LogP contribution in [0.4, 0.5) is 5.13 Å². The number of thiazole rings is 1. The topological polar surface area (TPSA) is 62.3 Å². The Bertz CT molecular complexity index is 701. The molecule has 5 nitrogen and oxygen atoms in total. The van der Waals surface area contributed by atoms with E-state index in [0.717, 1.165) is 17.3 Å². The molecule has 0 bridgehead atoms. The number of rotatable bonds is 6. The van der Waals surface area contributed by atoms with E-state index >= 15 is 0 Å². The van der Waals surface area contributed by atoms with Crippen LogP contribution in [0.3, 0.4) is 0 Å². The summed E-state index contributed by atoms with van der Waals surface area (Å²) in [4.78, 5) is 30.5. The smallest absolute Gasteiger partial charge is 0.254 e. The second-order valence-corrected chi connectivity index (χ2v) is 7.34. The zero-order chi connectivity index (χ0) is 16.2. The first-order chi connectivity index (χ1) is 11.1. The third-order valence-corrected chi connectivity index (χ3v) is 4.73. The highest BCUT2D eigenvalue weighted by Gasteiger charge is 2.28. The van der Waals surface area contributed by atoms with E-state index < -0.39 is 0 Å². The molecule has 0 unspecified atom stereocenters. The predicted octanol–water partition coefficient (Wildman–Crippen LogP) is 3.40. The highest BCUT2D eigenvalue weighted by Crippen LogP contribution is 2.30. The Morgan fingerprint density at radius 2 is 2.22 bits per heavy atom. The zero-order valence-corrected chi connectivity index (χ0v) is 14.8. The fourth-order valence-corrected chi connectivity index (χ4v) is 3.20. The molecule has 23 heavy (non-hydrogen) atoms. The molecule has 1 aromatic heterocycles. The minimum atomic E-state index is -0.219. The van der Waals surface area contributed by atoms with Crippen LogP contribution in [0.2, 0.25) is 0 Å². The van der Waals surface area contributed by atoms with Gasteiger partial charge in [-0.2, -0.15) is 0 Å². The summed E-state index contributed by atoms with van der Waals surface area (Å²) in [5.41, 5.74) is 0.585. The molecular weight excluding hydrogens is 378 g/mol. The van der Waals surface area contributed by atoms with Gasteiger partial charge in [0.1, 0.15) is 6.54 Å². The van der Waals surface area contributed by atoms with Gasteiger partial charge >= 0.3 is 0 Å². The van der Waals surface area contributed by atoms with Crippen LogP contribution >= 0.6 is 27.3 Å². The quantitative estimate of drug-likeness (QED) is 0.817. The second kappa shape index (κ2) is 7.23. The van der Waals surface area contributed by atoms with E-state index in [0.29, 0.717) is 23.2 Å². The molecule has 1 aromatic carbocycles. The molecule has 0 spiro atoms. The van der Waals surface area contributed by atoms with E-state index in [1.165, 1.54) is 11.3 Å². The summed E-state index contributed by atoms with van der Waals surface area (Å²) in [6.45, 7) is 0.665. The van der Waals surface area contributed by atoms with Crippen molar-refractivity contribution in [2.75, 3.05) is 18.4 Å². The van der Waals surface area contributed by atoms with Crippen LogP contribution in [0.25, 0.3) is 0 Å². The molecule has 0 aliphatic heterocycles. The number of anilines is 1. The summed E-state index contributed by atoms with van der Waals surface area (Å²) in [7, 11) is 0. The third-order valence-electron chi connectivity index (χ3n) is 3.55. The Kier molecular flexibility index (Phi) is 5.07. The van der Waals surface area contributed by atoms with Gasteiger partial charge in [0.05, 0.1) is 0 Å². The molecule has 2 aromatic rings. The van der Waals surface area contributed by atoms with Gasteiger partial charge in [0.15, 0.2) is 5.13 Å². The molecule has 1 heterocycles. The molecule has 0 saturated heterocycles. The lowest BCUT2D eigenvalue weighted by molar-refractivity contribution is -0.116. The molecule has 1 aliphatic carbocycles. The minimum absolute atomic E-state index is 0.0431. The SMILES string of the molecule is O=C(CN(CC1CC1)C(=O)c1cccc(Br)c1)Nc1nccs1. The highest BCUT2D eigenvalue weighted by molar-refractivity contribution is 9.10. The number of benzene rings is 1. The number of hydrogen-bond donors (Lipinski definition) is 1. The normalized spacial score (nSPS) is 13.6. The van der Waals surface area contributed by atoms with Gasteiger partial charge in [-0.3, -0.25) is 9.59 Å². The molecule has 0 radical (unpaired) electrons. The lowest BCUT2D eigenvalue weighted by Gasteiger charge is -2.22. The first-order valence-electron chi connectivity index (χ1n) is 7.36. The standard InChI is InChI=1S/C16H16BrN3O2S/c17-13-3-1-2-12(8-13)15(22)20(9-11-4-5-11)10-14(21)19-16-18-6-7-23-16/h1-3,6-8,11H,4-5,9-10H2,(H,18,19,21). The van der Waals surface area contributed by atoms with Gasteiger partial charge in [-0.1, -0.05) is 22.0 Å². The monoisotopic (exact) mass is 393 g/mol.